The Morgan fingerprint density at radius 3 is 2.95 bits per heavy atom. The number of pyridine rings is 1. The zero-order chi connectivity index (χ0) is 13.9. The highest BCUT2D eigenvalue weighted by atomic mass is 79.9. The van der Waals surface area contributed by atoms with Gasteiger partial charge >= 0.3 is 0 Å². The van der Waals surface area contributed by atoms with E-state index in [0.717, 1.165) is 0 Å². The molecule has 2 aromatic heterocycles. The Balaban J connectivity index is 2.07. The van der Waals surface area contributed by atoms with Gasteiger partial charge < -0.3 is 5.73 Å². The largest absolute Gasteiger partial charge is 0.383 e. The molecule has 0 aliphatic heterocycles. The van der Waals surface area contributed by atoms with Crippen LogP contribution in [-0.4, -0.2) is 29.7 Å². The fourth-order valence-electron chi connectivity index (χ4n) is 1.45. The summed E-state index contributed by atoms with van der Waals surface area (Å²) >= 11 is 3.16. The van der Waals surface area contributed by atoms with Crippen molar-refractivity contribution in [3.8, 4) is 0 Å². The van der Waals surface area contributed by atoms with Crippen molar-refractivity contribution >= 4 is 31.8 Å². The number of hydrogen-bond acceptors (Lipinski definition) is 5. The number of anilines is 1. The molecule has 0 radical (unpaired) electrons. The van der Waals surface area contributed by atoms with Crippen LogP contribution in [0.5, 0.6) is 0 Å². The minimum atomic E-state index is -3.68. The van der Waals surface area contributed by atoms with Crippen molar-refractivity contribution in [2.75, 3.05) is 12.3 Å². The SMILES string of the molecule is Nc1ncc(Br)cc1S(=O)(=O)NCCn1cccn1. The number of hydrogen-bond donors (Lipinski definition) is 2. The number of rotatable bonds is 5. The normalized spacial score (nSPS) is 11.6. The number of sulfonamides is 1. The minimum Gasteiger partial charge on any atom is -0.383 e. The molecule has 0 spiro atoms. The average Bonchev–Trinajstić information content (AvgIpc) is 2.85. The lowest BCUT2D eigenvalue weighted by atomic mass is 10.5. The first kappa shape index (κ1) is 14.0. The molecule has 2 aromatic rings. The van der Waals surface area contributed by atoms with Crippen LogP contribution in [0.25, 0.3) is 0 Å². The van der Waals surface area contributed by atoms with Gasteiger partial charge in [0, 0.05) is 29.6 Å². The van der Waals surface area contributed by atoms with E-state index >= 15 is 0 Å². The van der Waals surface area contributed by atoms with Crippen molar-refractivity contribution < 1.29 is 8.42 Å². The van der Waals surface area contributed by atoms with Crippen LogP contribution in [0.4, 0.5) is 5.82 Å². The van der Waals surface area contributed by atoms with Crippen LogP contribution >= 0.6 is 15.9 Å². The Kier molecular flexibility index (Phi) is 4.17. The van der Waals surface area contributed by atoms with Gasteiger partial charge in [0.05, 0.1) is 6.54 Å². The van der Waals surface area contributed by atoms with Crippen molar-refractivity contribution in [1.29, 1.82) is 0 Å². The molecule has 0 amide bonds. The molecular formula is C10H12BrN5O2S. The lowest BCUT2D eigenvalue weighted by Gasteiger charge is -2.08. The van der Waals surface area contributed by atoms with Crippen molar-refractivity contribution in [2.24, 2.45) is 0 Å². The molecule has 0 saturated heterocycles. The van der Waals surface area contributed by atoms with Crippen LogP contribution in [0.15, 0.2) is 40.1 Å². The molecule has 0 aliphatic rings. The number of nitrogen functional groups attached to an aromatic ring is 1. The first-order chi connectivity index (χ1) is 8.99. The topological polar surface area (TPSA) is 103 Å². The van der Waals surface area contributed by atoms with Crippen LogP contribution < -0.4 is 10.5 Å². The molecular weight excluding hydrogens is 334 g/mol. The second-order valence-electron chi connectivity index (χ2n) is 3.70. The fourth-order valence-corrected chi connectivity index (χ4v) is 3.06. The molecule has 2 heterocycles. The standard InChI is InChI=1S/C10H12BrN5O2S/c11-8-6-9(10(12)13-7-8)19(17,18)15-3-5-16-4-1-2-14-16/h1-2,4,6-7,15H,3,5H2,(H2,12,13). The number of nitrogens with two attached hydrogens (primary N) is 1. The maximum Gasteiger partial charge on any atom is 0.244 e. The Bertz CT molecular complexity index is 657. The third-order valence-electron chi connectivity index (χ3n) is 2.33. The second-order valence-corrected chi connectivity index (χ2v) is 6.35. The maximum absolute atomic E-state index is 12.1. The van der Waals surface area contributed by atoms with Gasteiger partial charge in [-0.2, -0.15) is 5.10 Å². The van der Waals surface area contributed by atoms with E-state index in [9.17, 15) is 8.42 Å². The van der Waals surface area contributed by atoms with E-state index in [1.54, 1.807) is 23.1 Å². The predicted molar refractivity (Wildman–Crippen MR) is 73.8 cm³/mol. The summed E-state index contributed by atoms with van der Waals surface area (Å²) in [7, 11) is -3.68. The van der Waals surface area contributed by atoms with Crippen LogP contribution in [-0.2, 0) is 16.6 Å². The van der Waals surface area contributed by atoms with Crippen molar-refractivity contribution in [2.45, 2.75) is 11.4 Å². The Morgan fingerprint density at radius 1 is 1.47 bits per heavy atom. The zero-order valence-corrected chi connectivity index (χ0v) is 12.2. The van der Waals surface area contributed by atoms with Gasteiger partial charge in [0.1, 0.15) is 10.7 Å². The lowest BCUT2D eigenvalue weighted by molar-refractivity contribution is 0.561. The monoisotopic (exact) mass is 345 g/mol. The van der Waals surface area contributed by atoms with Crippen molar-refractivity contribution in [3.63, 3.8) is 0 Å². The highest BCUT2D eigenvalue weighted by Gasteiger charge is 2.18. The Labute approximate surface area is 119 Å². The summed E-state index contributed by atoms with van der Waals surface area (Å²) in [5.41, 5.74) is 5.57. The molecule has 0 saturated carbocycles. The average molecular weight is 346 g/mol. The van der Waals surface area contributed by atoms with E-state index < -0.39 is 10.0 Å². The summed E-state index contributed by atoms with van der Waals surface area (Å²) in [6.07, 6.45) is 4.83. The zero-order valence-electron chi connectivity index (χ0n) is 9.82. The summed E-state index contributed by atoms with van der Waals surface area (Å²) in [6.45, 7) is 0.656. The molecule has 0 fully saturated rings. The number of halogens is 1. The van der Waals surface area contributed by atoms with Gasteiger partial charge in [0.2, 0.25) is 10.0 Å². The van der Waals surface area contributed by atoms with Crippen LogP contribution in [0.2, 0.25) is 0 Å². The van der Waals surface area contributed by atoms with Crippen LogP contribution in [0.3, 0.4) is 0 Å². The summed E-state index contributed by atoms with van der Waals surface area (Å²) in [5, 5.41) is 3.98. The van der Waals surface area contributed by atoms with Crippen molar-refractivity contribution in [3.05, 3.63) is 35.2 Å². The summed E-state index contributed by atoms with van der Waals surface area (Å²) in [5.74, 6) is -0.0326. The van der Waals surface area contributed by atoms with Gasteiger partial charge in [-0.1, -0.05) is 0 Å². The van der Waals surface area contributed by atoms with Gasteiger partial charge in [0.25, 0.3) is 0 Å². The van der Waals surface area contributed by atoms with E-state index in [2.05, 4.69) is 30.7 Å². The molecule has 102 valence electrons. The van der Waals surface area contributed by atoms with Gasteiger partial charge in [-0.05, 0) is 28.1 Å². The first-order valence-electron chi connectivity index (χ1n) is 5.37. The smallest absolute Gasteiger partial charge is 0.244 e. The van der Waals surface area contributed by atoms with E-state index in [4.69, 9.17) is 5.73 Å². The predicted octanol–water partition coefficient (Wildman–Crippen LogP) is 0.601. The summed E-state index contributed by atoms with van der Waals surface area (Å²) in [6, 6.07) is 3.18. The summed E-state index contributed by atoms with van der Waals surface area (Å²) in [4.78, 5) is 3.76. The summed E-state index contributed by atoms with van der Waals surface area (Å²) < 4.78 is 28.7. The quantitative estimate of drug-likeness (QED) is 0.825. The molecule has 0 aromatic carbocycles. The molecule has 0 aliphatic carbocycles. The van der Waals surface area contributed by atoms with Gasteiger partial charge in [-0.3, -0.25) is 4.68 Å². The molecule has 0 bridgehead atoms. The highest BCUT2D eigenvalue weighted by molar-refractivity contribution is 9.10. The third kappa shape index (κ3) is 3.52. The van der Waals surface area contributed by atoms with Crippen LogP contribution in [0.1, 0.15) is 0 Å². The van der Waals surface area contributed by atoms with E-state index in [1.165, 1.54) is 12.3 Å². The van der Waals surface area contributed by atoms with Gasteiger partial charge in [-0.15, -0.1) is 0 Å². The van der Waals surface area contributed by atoms with E-state index in [-0.39, 0.29) is 17.3 Å². The van der Waals surface area contributed by atoms with Crippen molar-refractivity contribution in [1.82, 2.24) is 19.5 Å². The van der Waals surface area contributed by atoms with E-state index in [1.807, 2.05) is 0 Å². The molecule has 9 heteroatoms. The first-order valence-corrected chi connectivity index (χ1v) is 7.65. The second kappa shape index (κ2) is 5.68. The number of aromatic nitrogens is 3. The third-order valence-corrected chi connectivity index (χ3v) is 4.25. The molecule has 2 rings (SSSR count). The fraction of sp³-hybridized carbons (Fsp3) is 0.200. The Hall–Kier alpha value is -1.45. The molecule has 0 unspecified atom stereocenters. The Morgan fingerprint density at radius 2 is 2.26 bits per heavy atom. The van der Waals surface area contributed by atoms with Gasteiger partial charge in [-0.25, -0.2) is 18.1 Å². The number of nitrogens with zero attached hydrogens (tertiary/aromatic N) is 3. The van der Waals surface area contributed by atoms with E-state index in [0.29, 0.717) is 11.0 Å². The highest BCUT2D eigenvalue weighted by Crippen LogP contribution is 2.20. The number of nitrogens with one attached hydrogen (secondary N) is 1. The molecule has 0 atom stereocenters. The maximum atomic E-state index is 12.1. The molecule has 3 N–H and O–H groups in total. The van der Waals surface area contributed by atoms with Crippen LogP contribution in [0, 0.1) is 0 Å². The lowest BCUT2D eigenvalue weighted by Crippen LogP contribution is -2.28. The van der Waals surface area contributed by atoms with Gasteiger partial charge in [0.15, 0.2) is 0 Å². The molecule has 19 heavy (non-hydrogen) atoms. The molecule has 7 nitrogen and oxygen atoms in total. The minimum absolute atomic E-state index is 0.0326.